The molecule has 1 aliphatic carbocycles. The molecule has 0 N–H and O–H groups in total. The Morgan fingerprint density at radius 1 is 1.33 bits per heavy atom. The highest BCUT2D eigenvalue weighted by Gasteiger charge is 2.33. The van der Waals surface area contributed by atoms with E-state index in [0.717, 1.165) is 68.8 Å². The Kier molecular flexibility index (Phi) is 6.23. The fourth-order valence-electron chi connectivity index (χ4n) is 4.56. The summed E-state index contributed by atoms with van der Waals surface area (Å²) in [6.07, 6.45) is 5.15. The van der Waals surface area contributed by atoms with E-state index in [-0.39, 0.29) is 23.7 Å². The number of nitrogens with zero attached hydrogens (tertiary/aromatic N) is 4. The second-order valence-corrected chi connectivity index (χ2v) is 8.98. The summed E-state index contributed by atoms with van der Waals surface area (Å²) in [6.45, 7) is 9.76. The average Bonchev–Trinajstić information content (AvgIpc) is 3.02. The molecule has 2 aromatic rings. The van der Waals surface area contributed by atoms with Crippen molar-refractivity contribution in [3.05, 3.63) is 47.0 Å². The number of halogens is 1. The van der Waals surface area contributed by atoms with Crippen molar-refractivity contribution in [1.82, 2.24) is 19.6 Å². The number of carbonyl (C=O) groups is 1. The van der Waals surface area contributed by atoms with Gasteiger partial charge in [-0.3, -0.25) is 9.69 Å². The van der Waals surface area contributed by atoms with Crippen molar-refractivity contribution < 1.29 is 9.18 Å². The first-order valence-electron chi connectivity index (χ1n) is 11.4. The topological polar surface area (TPSA) is 41.4 Å². The van der Waals surface area contributed by atoms with E-state index in [4.69, 9.17) is 5.10 Å². The van der Waals surface area contributed by atoms with Crippen molar-refractivity contribution in [2.24, 2.45) is 5.92 Å². The van der Waals surface area contributed by atoms with Crippen molar-refractivity contribution in [1.29, 1.82) is 0 Å². The molecule has 4 rings (SSSR count). The Hall–Kier alpha value is -2.21. The van der Waals surface area contributed by atoms with Gasteiger partial charge in [-0.1, -0.05) is 19.4 Å². The highest BCUT2D eigenvalue weighted by molar-refractivity contribution is 5.79. The highest BCUT2D eigenvalue weighted by Crippen LogP contribution is 2.31. The predicted molar refractivity (Wildman–Crippen MR) is 116 cm³/mol. The third kappa shape index (κ3) is 4.15. The van der Waals surface area contributed by atoms with E-state index < -0.39 is 0 Å². The van der Waals surface area contributed by atoms with Crippen LogP contribution < -0.4 is 0 Å². The van der Waals surface area contributed by atoms with E-state index in [9.17, 15) is 9.18 Å². The molecule has 162 valence electrons. The van der Waals surface area contributed by atoms with Crippen molar-refractivity contribution in [3.63, 3.8) is 0 Å². The maximum absolute atomic E-state index is 13.9. The van der Waals surface area contributed by atoms with Crippen LogP contribution in [0.1, 0.15) is 63.4 Å². The lowest BCUT2D eigenvalue weighted by molar-refractivity contribution is -0.140. The molecule has 0 spiro atoms. The number of aromatic nitrogens is 2. The summed E-state index contributed by atoms with van der Waals surface area (Å²) < 4.78 is 15.8. The van der Waals surface area contributed by atoms with Crippen LogP contribution in [0.2, 0.25) is 0 Å². The molecule has 1 amide bonds. The molecule has 1 aromatic heterocycles. The Bertz CT molecular complexity index is 903. The van der Waals surface area contributed by atoms with Gasteiger partial charge in [0.15, 0.2) is 0 Å². The molecule has 6 heteroatoms. The third-order valence-electron chi connectivity index (χ3n) is 6.49. The zero-order valence-electron chi connectivity index (χ0n) is 18.4. The van der Waals surface area contributed by atoms with Gasteiger partial charge < -0.3 is 4.90 Å². The van der Waals surface area contributed by atoms with Crippen LogP contribution in [-0.2, 0) is 24.3 Å². The number of rotatable bonds is 7. The molecule has 0 radical (unpaired) electrons. The monoisotopic (exact) mass is 412 g/mol. The minimum atomic E-state index is -0.259. The Labute approximate surface area is 178 Å². The van der Waals surface area contributed by atoms with E-state index in [1.165, 1.54) is 17.7 Å². The number of hydrogen-bond donors (Lipinski definition) is 0. The minimum absolute atomic E-state index is 0.128. The van der Waals surface area contributed by atoms with Crippen LogP contribution >= 0.6 is 0 Å². The van der Waals surface area contributed by atoms with Gasteiger partial charge >= 0.3 is 0 Å². The molecule has 1 aliphatic heterocycles. The summed E-state index contributed by atoms with van der Waals surface area (Å²) in [4.78, 5) is 17.5. The molecule has 5 nitrogen and oxygen atoms in total. The van der Waals surface area contributed by atoms with Gasteiger partial charge in [0, 0.05) is 37.0 Å². The van der Waals surface area contributed by atoms with E-state index in [1.54, 1.807) is 6.07 Å². The fourth-order valence-corrected chi connectivity index (χ4v) is 4.56. The van der Waals surface area contributed by atoms with Crippen LogP contribution in [0.25, 0.3) is 5.69 Å². The quantitative estimate of drug-likeness (QED) is 0.680. The van der Waals surface area contributed by atoms with Gasteiger partial charge in [-0.25, -0.2) is 9.07 Å². The smallest absolute Gasteiger partial charge is 0.226 e. The maximum atomic E-state index is 13.9. The first-order valence-corrected chi connectivity index (χ1v) is 11.4. The zero-order valence-corrected chi connectivity index (χ0v) is 18.4. The largest absolute Gasteiger partial charge is 0.334 e. The standard InChI is InChI=1S/C24H33FN4O/c1-4-12-27-13-11-23-21(15-27)22(26-29(23)20-10-6-9-19(25)14-20)16-28(17(2)3)24(30)18-7-5-8-18/h6,9-10,14,17-18H,4-5,7-8,11-13,15-16H2,1-3H3. The SMILES string of the molecule is CCCN1CCc2c(c(CN(C(=O)C3CCC3)C(C)C)nn2-c2cccc(F)c2)C1. The molecule has 2 aliphatic rings. The molecule has 0 saturated heterocycles. The van der Waals surface area contributed by atoms with Crippen LogP contribution in [0.5, 0.6) is 0 Å². The van der Waals surface area contributed by atoms with Gasteiger partial charge in [0.25, 0.3) is 0 Å². The molecule has 0 bridgehead atoms. The van der Waals surface area contributed by atoms with E-state index in [1.807, 2.05) is 15.6 Å². The molecule has 0 atom stereocenters. The molecule has 1 aromatic carbocycles. The number of amides is 1. The Morgan fingerprint density at radius 3 is 2.77 bits per heavy atom. The van der Waals surface area contributed by atoms with Crippen LogP contribution in [0.15, 0.2) is 24.3 Å². The van der Waals surface area contributed by atoms with Crippen LogP contribution in [0, 0.1) is 11.7 Å². The van der Waals surface area contributed by atoms with E-state index in [0.29, 0.717) is 6.54 Å². The highest BCUT2D eigenvalue weighted by atomic mass is 19.1. The molecular weight excluding hydrogens is 379 g/mol. The summed E-state index contributed by atoms with van der Waals surface area (Å²) in [6, 6.07) is 6.75. The summed E-state index contributed by atoms with van der Waals surface area (Å²) in [7, 11) is 0. The summed E-state index contributed by atoms with van der Waals surface area (Å²) in [5.41, 5.74) is 4.08. The molecule has 0 unspecified atom stereocenters. The van der Waals surface area contributed by atoms with Gasteiger partial charge in [-0.15, -0.1) is 0 Å². The predicted octanol–water partition coefficient (Wildman–Crippen LogP) is 4.32. The molecule has 1 saturated carbocycles. The lowest BCUT2D eigenvalue weighted by atomic mass is 9.84. The van der Waals surface area contributed by atoms with E-state index in [2.05, 4.69) is 25.7 Å². The lowest BCUT2D eigenvalue weighted by Gasteiger charge is -2.34. The first-order chi connectivity index (χ1) is 14.5. The Balaban J connectivity index is 1.70. The second kappa shape index (κ2) is 8.88. The zero-order chi connectivity index (χ0) is 21.3. The number of fused-ring (bicyclic) bond motifs is 1. The lowest BCUT2D eigenvalue weighted by Crippen LogP contribution is -2.42. The Morgan fingerprint density at radius 2 is 2.13 bits per heavy atom. The van der Waals surface area contributed by atoms with Crippen LogP contribution in [-0.4, -0.2) is 44.6 Å². The van der Waals surface area contributed by atoms with Crippen LogP contribution in [0.3, 0.4) is 0 Å². The fraction of sp³-hybridized carbons (Fsp3) is 0.583. The molecule has 1 fully saturated rings. The normalized spacial score (nSPS) is 17.1. The molecule has 2 heterocycles. The maximum Gasteiger partial charge on any atom is 0.226 e. The number of hydrogen-bond acceptors (Lipinski definition) is 3. The van der Waals surface area contributed by atoms with Gasteiger partial charge in [0.2, 0.25) is 5.91 Å². The van der Waals surface area contributed by atoms with Crippen molar-refractivity contribution in [2.75, 3.05) is 13.1 Å². The van der Waals surface area contributed by atoms with Crippen LogP contribution in [0.4, 0.5) is 4.39 Å². The molecule has 30 heavy (non-hydrogen) atoms. The molecular formula is C24H33FN4O. The van der Waals surface area contributed by atoms with Crippen molar-refractivity contribution >= 4 is 5.91 Å². The first kappa shape index (κ1) is 21.0. The summed E-state index contributed by atoms with van der Waals surface area (Å²) >= 11 is 0. The summed E-state index contributed by atoms with van der Waals surface area (Å²) in [5, 5.41) is 4.93. The second-order valence-electron chi connectivity index (χ2n) is 8.98. The van der Waals surface area contributed by atoms with Crippen molar-refractivity contribution in [2.45, 2.75) is 72.0 Å². The van der Waals surface area contributed by atoms with Gasteiger partial charge in [-0.2, -0.15) is 5.10 Å². The van der Waals surface area contributed by atoms with Gasteiger partial charge in [0.1, 0.15) is 5.82 Å². The van der Waals surface area contributed by atoms with E-state index >= 15 is 0 Å². The minimum Gasteiger partial charge on any atom is -0.334 e. The third-order valence-corrected chi connectivity index (χ3v) is 6.49. The van der Waals surface area contributed by atoms with Crippen molar-refractivity contribution in [3.8, 4) is 5.69 Å². The van der Waals surface area contributed by atoms with Gasteiger partial charge in [-0.05, 0) is 57.9 Å². The number of benzene rings is 1. The average molecular weight is 413 g/mol. The van der Waals surface area contributed by atoms with Gasteiger partial charge in [0.05, 0.1) is 23.6 Å². The summed E-state index contributed by atoms with van der Waals surface area (Å²) in [5.74, 6) is 0.169. The number of carbonyl (C=O) groups excluding carboxylic acids is 1.